The minimum absolute atomic E-state index is 0.0645. The molecular weight excluding hydrogens is 408 g/mol. The lowest BCUT2D eigenvalue weighted by Gasteiger charge is -2.25. The van der Waals surface area contributed by atoms with Crippen LogP contribution in [0.25, 0.3) is 0 Å². The van der Waals surface area contributed by atoms with Crippen LogP contribution >= 0.6 is 11.8 Å². The summed E-state index contributed by atoms with van der Waals surface area (Å²) in [5, 5.41) is 0.188. The van der Waals surface area contributed by atoms with Crippen molar-refractivity contribution in [3.63, 3.8) is 0 Å². The highest BCUT2D eigenvalue weighted by molar-refractivity contribution is 8.14. The van der Waals surface area contributed by atoms with Gasteiger partial charge >= 0.3 is 0 Å². The summed E-state index contributed by atoms with van der Waals surface area (Å²) in [6.45, 7) is 6.56. The summed E-state index contributed by atoms with van der Waals surface area (Å²) in [7, 11) is 0. The maximum absolute atomic E-state index is 11.5. The molecule has 0 aliphatic carbocycles. The molecule has 0 N–H and O–H groups in total. The molecule has 0 spiro atoms. The van der Waals surface area contributed by atoms with Gasteiger partial charge in [0.05, 0.1) is 18.5 Å². The molecule has 1 saturated heterocycles. The molecule has 0 aromatic heterocycles. The molecule has 0 saturated carbocycles. The Kier molecular flexibility index (Phi) is 20.3. The van der Waals surface area contributed by atoms with Crippen LogP contribution in [-0.4, -0.2) is 43.1 Å². The Hall–Kier alpha value is -0.100. The fourth-order valence-corrected chi connectivity index (χ4v) is 4.80. The maximum atomic E-state index is 11.5. The van der Waals surface area contributed by atoms with E-state index in [0.29, 0.717) is 13.2 Å². The van der Waals surface area contributed by atoms with Gasteiger partial charge in [0.2, 0.25) is 0 Å². The summed E-state index contributed by atoms with van der Waals surface area (Å²) in [6.07, 6.45) is 22.3. The molecule has 2 atom stereocenters. The van der Waals surface area contributed by atoms with Gasteiger partial charge in [-0.3, -0.25) is 4.79 Å². The van der Waals surface area contributed by atoms with E-state index < -0.39 is 0 Å². The van der Waals surface area contributed by atoms with Crippen molar-refractivity contribution in [2.75, 3.05) is 26.4 Å². The second-order valence-corrected chi connectivity index (χ2v) is 10.5. The van der Waals surface area contributed by atoms with Crippen molar-refractivity contribution < 1.29 is 19.0 Å². The Balaban J connectivity index is 1.88. The minimum Gasteiger partial charge on any atom is -0.380 e. The van der Waals surface area contributed by atoms with Gasteiger partial charge in [0.25, 0.3) is 0 Å². The van der Waals surface area contributed by atoms with Crippen molar-refractivity contribution in [1.29, 1.82) is 0 Å². The molecule has 1 aliphatic heterocycles. The van der Waals surface area contributed by atoms with Gasteiger partial charge in [-0.25, -0.2) is 0 Å². The average molecular weight is 459 g/mol. The van der Waals surface area contributed by atoms with Crippen molar-refractivity contribution >= 4 is 16.9 Å². The van der Waals surface area contributed by atoms with Crippen LogP contribution in [0.5, 0.6) is 0 Å². The van der Waals surface area contributed by atoms with Gasteiger partial charge in [-0.1, -0.05) is 102 Å². The molecule has 5 heteroatoms. The number of unbranched alkanes of at least 4 members (excludes halogenated alkanes) is 13. The molecule has 0 aromatic carbocycles. The fourth-order valence-electron chi connectivity index (χ4n) is 4.02. The van der Waals surface area contributed by atoms with Crippen molar-refractivity contribution in [2.24, 2.45) is 0 Å². The first-order valence-electron chi connectivity index (χ1n) is 13.2. The SMILES string of the molecule is CCCCCCCCCCCCCCCCOC[C@@H](COC1CCCCO1)SC(C)=O. The van der Waals surface area contributed by atoms with Crippen molar-refractivity contribution in [2.45, 2.75) is 135 Å². The first-order valence-corrected chi connectivity index (χ1v) is 14.1. The number of rotatable bonds is 21. The molecule has 1 unspecified atom stereocenters. The second kappa shape index (κ2) is 21.7. The Morgan fingerprint density at radius 3 is 1.97 bits per heavy atom. The Labute approximate surface area is 196 Å². The van der Waals surface area contributed by atoms with Gasteiger partial charge < -0.3 is 14.2 Å². The van der Waals surface area contributed by atoms with Gasteiger partial charge in [0.15, 0.2) is 11.4 Å². The molecule has 0 amide bonds. The van der Waals surface area contributed by atoms with E-state index in [-0.39, 0.29) is 16.7 Å². The number of hydrogen-bond donors (Lipinski definition) is 0. The topological polar surface area (TPSA) is 44.8 Å². The standard InChI is InChI=1S/C26H50O4S/c1-3-4-5-6-7-8-9-10-11-12-13-14-15-17-20-28-22-25(31-24(2)27)23-30-26-19-16-18-21-29-26/h25-26H,3-23H2,1-2H3/t25-,26?/m0/s1. The lowest BCUT2D eigenvalue weighted by molar-refractivity contribution is -0.163. The minimum atomic E-state index is -0.102. The molecule has 4 nitrogen and oxygen atoms in total. The maximum Gasteiger partial charge on any atom is 0.186 e. The van der Waals surface area contributed by atoms with Crippen LogP contribution in [0.1, 0.15) is 123 Å². The third-order valence-electron chi connectivity index (χ3n) is 5.88. The van der Waals surface area contributed by atoms with Gasteiger partial charge in [-0.15, -0.1) is 0 Å². The van der Waals surface area contributed by atoms with Gasteiger partial charge in [-0.2, -0.15) is 0 Å². The van der Waals surface area contributed by atoms with E-state index in [1.165, 1.54) is 95.2 Å². The predicted octanol–water partition coefficient (Wildman–Crippen LogP) is 7.68. The Bertz CT molecular complexity index is 399. The number of carbonyl (C=O) groups is 1. The Morgan fingerprint density at radius 1 is 0.871 bits per heavy atom. The molecule has 1 rings (SSSR count). The summed E-state index contributed by atoms with van der Waals surface area (Å²) >= 11 is 1.33. The van der Waals surface area contributed by atoms with Gasteiger partial charge in [-0.05, 0) is 25.7 Å². The highest BCUT2D eigenvalue weighted by Gasteiger charge is 2.19. The first-order chi connectivity index (χ1) is 15.2. The second-order valence-electron chi connectivity index (χ2n) is 9.03. The zero-order valence-corrected chi connectivity index (χ0v) is 21.4. The highest BCUT2D eigenvalue weighted by Crippen LogP contribution is 2.18. The zero-order chi connectivity index (χ0) is 22.4. The van der Waals surface area contributed by atoms with Crippen molar-refractivity contribution in [1.82, 2.24) is 0 Å². The molecule has 31 heavy (non-hydrogen) atoms. The van der Waals surface area contributed by atoms with Crippen molar-refractivity contribution in [3.8, 4) is 0 Å². The van der Waals surface area contributed by atoms with Crippen LogP contribution in [0.2, 0.25) is 0 Å². The first kappa shape index (κ1) is 28.9. The molecule has 1 aliphatic rings. The average Bonchev–Trinajstić information content (AvgIpc) is 2.77. The molecule has 184 valence electrons. The summed E-state index contributed by atoms with van der Waals surface area (Å²) < 4.78 is 17.3. The van der Waals surface area contributed by atoms with E-state index in [9.17, 15) is 4.79 Å². The molecule has 0 radical (unpaired) electrons. The van der Waals surface area contributed by atoms with Crippen LogP contribution < -0.4 is 0 Å². The van der Waals surface area contributed by atoms with E-state index in [1.54, 1.807) is 6.92 Å². The number of hydrogen-bond acceptors (Lipinski definition) is 5. The number of carbonyl (C=O) groups excluding carboxylic acids is 1. The normalized spacial score (nSPS) is 17.7. The quantitative estimate of drug-likeness (QED) is 0.165. The number of thioether (sulfide) groups is 1. The monoisotopic (exact) mass is 458 g/mol. The van der Waals surface area contributed by atoms with Crippen molar-refractivity contribution in [3.05, 3.63) is 0 Å². The van der Waals surface area contributed by atoms with Crippen LogP contribution in [0.3, 0.4) is 0 Å². The van der Waals surface area contributed by atoms with E-state index in [0.717, 1.165) is 38.9 Å². The summed E-state index contributed by atoms with van der Waals surface area (Å²) in [6, 6.07) is 0. The van der Waals surface area contributed by atoms with E-state index in [1.807, 2.05) is 0 Å². The largest absolute Gasteiger partial charge is 0.380 e. The highest BCUT2D eigenvalue weighted by atomic mass is 32.2. The molecule has 0 aromatic rings. The molecule has 0 bridgehead atoms. The fraction of sp³-hybridized carbons (Fsp3) is 0.962. The van der Waals surface area contributed by atoms with Gasteiger partial charge in [0, 0.05) is 20.1 Å². The van der Waals surface area contributed by atoms with E-state index in [2.05, 4.69) is 6.92 Å². The van der Waals surface area contributed by atoms with Crippen LogP contribution in [0.4, 0.5) is 0 Å². The lowest BCUT2D eigenvalue weighted by Crippen LogP contribution is -2.28. The van der Waals surface area contributed by atoms with Gasteiger partial charge in [0.1, 0.15) is 0 Å². The smallest absolute Gasteiger partial charge is 0.186 e. The molecular formula is C26H50O4S. The zero-order valence-electron chi connectivity index (χ0n) is 20.5. The summed E-state index contributed by atoms with van der Waals surface area (Å²) in [5.41, 5.74) is 0. The van der Waals surface area contributed by atoms with E-state index >= 15 is 0 Å². The third-order valence-corrected chi connectivity index (χ3v) is 6.82. The van der Waals surface area contributed by atoms with E-state index in [4.69, 9.17) is 14.2 Å². The van der Waals surface area contributed by atoms with Crippen LogP contribution in [0.15, 0.2) is 0 Å². The van der Waals surface area contributed by atoms with Crippen LogP contribution in [0, 0.1) is 0 Å². The molecule has 1 fully saturated rings. The summed E-state index contributed by atoms with van der Waals surface area (Å²) in [5.74, 6) is 0. The molecule has 1 heterocycles. The summed E-state index contributed by atoms with van der Waals surface area (Å²) in [4.78, 5) is 11.5. The third kappa shape index (κ3) is 19.1. The lowest BCUT2D eigenvalue weighted by atomic mass is 10.0. The Morgan fingerprint density at radius 2 is 1.45 bits per heavy atom. The number of ether oxygens (including phenoxy) is 3. The predicted molar refractivity (Wildman–Crippen MR) is 133 cm³/mol. The van der Waals surface area contributed by atoms with Crippen LogP contribution in [-0.2, 0) is 19.0 Å².